The Bertz CT molecular complexity index is 2910. The fourth-order valence-electron chi connectivity index (χ4n) is 7.38. The summed E-state index contributed by atoms with van der Waals surface area (Å²) >= 11 is 0. The molecule has 0 spiro atoms. The SMILES string of the molecule is c1ccc(-c2nc(-c3cc(-c4ccc5oc6ccccc6c5c4)cc(-c4cccc5ccccc45)c3)cc(-c3cccc4ccccc34)n2)cc1. The van der Waals surface area contributed by atoms with Crippen molar-refractivity contribution in [2.45, 2.75) is 0 Å². The second-order valence-electron chi connectivity index (χ2n) is 13.0. The van der Waals surface area contributed by atoms with Crippen LogP contribution in [0.25, 0.3) is 99.6 Å². The van der Waals surface area contributed by atoms with E-state index in [1.807, 2.05) is 30.3 Å². The molecule has 0 aliphatic rings. The van der Waals surface area contributed by atoms with Gasteiger partial charge in [-0.1, -0.05) is 140 Å². The summed E-state index contributed by atoms with van der Waals surface area (Å²) in [5, 5.41) is 6.98. The first-order chi connectivity index (χ1) is 25.2. The lowest BCUT2D eigenvalue weighted by molar-refractivity contribution is 0.669. The zero-order valence-electron chi connectivity index (χ0n) is 27.6. The van der Waals surface area contributed by atoms with Crippen LogP contribution in [0.1, 0.15) is 0 Å². The van der Waals surface area contributed by atoms with Crippen molar-refractivity contribution >= 4 is 43.5 Å². The number of benzene rings is 8. The molecule has 2 heterocycles. The molecule has 0 bridgehead atoms. The van der Waals surface area contributed by atoms with Crippen molar-refractivity contribution in [1.29, 1.82) is 0 Å². The van der Waals surface area contributed by atoms with Crippen molar-refractivity contribution in [1.82, 2.24) is 9.97 Å². The molecule has 0 N–H and O–H groups in total. The highest BCUT2D eigenvalue weighted by Crippen LogP contribution is 2.39. The Hall–Kier alpha value is -6.84. The highest BCUT2D eigenvalue weighted by atomic mass is 16.3. The quantitative estimate of drug-likeness (QED) is 0.186. The predicted molar refractivity (Wildman–Crippen MR) is 212 cm³/mol. The molecule has 51 heavy (non-hydrogen) atoms. The number of aromatic nitrogens is 2. The monoisotopic (exact) mass is 650 g/mol. The average Bonchev–Trinajstić information content (AvgIpc) is 3.58. The molecular weight excluding hydrogens is 621 g/mol. The molecule has 0 aliphatic heterocycles. The van der Waals surface area contributed by atoms with Crippen LogP contribution >= 0.6 is 0 Å². The smallest absolute Gasteiger partial charge is 0.160 e. The minimum atomic E-state index is 0.694. The Kier molecular flexibility index (Phi) is 6.81. The molecule has 2 aromatic heterocycles. The zero-order chi connectivity index (χ0) is 33.7. The van der Waals surface area contributed by atoms with Gasteiger partial charge in [-0.15, -0.1) is 0 Å². The molecule has 10 rings (SSSR count). The third kappa shape index (κ3) is 5.15. The topological polar surface area (TPSA) is 38.9 Å². The molecule has 0 unspecified atom stereocenters. The molecule has 0 amide bonds. The minimum absolute atomic E-state index is 0.694. The molecule has 0 fully saturated rings. The number of nitrogens with zero attached hydrogens (tertiary/aromatic N) is 2. The van der Waals surface area contributed by atoms with Crippen molar-refractivity contribution in [3.05, 3.63) is 182 Å². The van der Waals surface area contributed by atoms with Gasteiger partial charge in [-0.25, -0.2) is 9.97 Å². The summed E-state index contributed by atoms with van der Waals surface area (Å²) in [7, 11) is 0. The van der Waals surface area contributed by atoms with Gasteiger partial charge in [0.25, 0.3) is 0 Å². The number of hydrogen-bond acceptors (Lipinski definition) is 3. The third-order valence-electron chi connectivity index (χ3n) is 9.86. The Balaban J connectivity index is 1.24. The van der Waals surface area contributed by atoms with E-state index in [4.69, 9.17) is 14.4 Å². The summed E-state index contributed by atoms with van der Waals surface area (Å²) in [6, 6.07) is 64.0. The lowest BCUT2D eigenvalue weighted by Gasteiger charge is -2.15. The van der Waals surface area contributed by atoms with Crippen LogP contribution in [0.15, 0.2) is 186 Å². The van der Waals surface area contributed by atoms with Gasteiger partial charge in [0.1, 0.15) is 11.2 Å². The molecule has 3 nitrogen and oxygen atoms in total. The normalized spacial score (nSPS) is 11.5. The standard InChI is InChI=1S/C48H30N2O/c1-2-14-33(15-3-1)48-49-44(30-45(50-48)41-22-11-17-32-13-5-7-19-39(32)41)37-27-35(26-36(28-37)40-21-10-16-31-12-4-6-18-38(31)40)34-24-25-47-43(29-34)42-20-8-9-23-46(42)51-47/h1-30H. The summed E-state index contributed by atoms with van der Waals surface area (Å²) in [6.07, 6.45) is 0. The molecule has 3 heteroatoms. The average molecular weight is 651 g/mol. The molecule has 0 saturated heterocycles. The van der Waals surface area contributed by atoms with Crippen LogP contribution in [0.2, 0.25) is 0 Å². The van der Waals surface area contributed by atoms with Gasteiger partial charge in [-0.2, -0.15) is 0 Å². The largest absolute Gasteiger partial charge is 0.456 e. The van der Waals surface area contributed by atoms with Crippen LogP contribution in [0.5, 0.6) is 0 Å². The summed E-state index contributed by atoms with van der Waals surface area (Å²) in [5.74, 6) is 0.694. The van der Waals surface area contributed by atoms with E-state index < -0.39 is 0 Å². The minimum Gasteiger partial charge on any atom is -0.456 e. The Morgan fingerprint density at radius 2 is 0.902 bits per heavy atom. The number of para-hydroxylation sites is 1. The number of rotatable bonds is 5. The van der Waals surface area contributed by atoms with Crippen molar-refractivity contribution in [3.63, 3.8) is 0 Å². The first-order valence-corrected chi connectivity index (χ1v) is 17.2. The maximum absolute atomic E-state index is 6.20. The molecule has 10 aromatic rings. The van der Waals surface area contributed by atoms with E-state index in [0.717, 1.165) is 72.1 Å². The third-order valence-corrected chi connectivity index (χ3v) is 9.86. The molecule has 0 aliphatic carbocycles. The first-order valence-electron chi connectivity index (χ1n) is 17.2. The zero-order valence-corrected chi connectivity index (χ0v) is 27.6. The van der Waals surface area contributed by atoms with E-state index in [1.54, 1.807) is 0 Å². The van der Waals surface area contributed by atoms with Gasteiger partial charge in [0.2, 0.25) is 0 Å². The summed E-state index contributed by atoms with van der Waals surface area (Å²) in [5.41, 5.74) is 11.1. The Labute approximate surface area is 295 Å². The van der Waals surface area contributed by atoms with Crippen LogP contribution in [0.4, 0.5) is 0 Å². The van der Waals surface area contributed by atoms with Crippen LogP contribution in [-0.2, 0) is 0 Å². The van der Waals surface area contributed by atoms with E-state index >= 15 is 0 Å². The maximum Gasteiger partial charge on any atom is 0.160 e. The highest BCUT2D eigenvalue weighted by molar-refractivity contribution is 6.07. The van der Waals surface area contributed by atoms with Crippen molar-refractivity contribution in [3.8, 4) is 56.2 Å². The second kappa shape index (κ2) is 11.9. The highest BCUT2D eigenvalue weighted by Gasteiger charge is 2.16. The van der Waals surface area contributed by atoms with Gasteiger partial charge in [0, 0.05) is 27.5 Å². The fourth-order valence-corrected chi connectivity index (χ4v) is 7.38. The van der Waals surface area contributed by atoms with Gasteiger partial charge < -0.3 is 4.42 Å². The van der Waals surface area contributed by atoms with Crippen LogP contribution in [0.3, 0.4) is 0 Å². The fraction of sp³-hybridized carbons (Fsp3) is 0. The maximum atomic E-state index is 6.20. The molecule has 0 atom stereocenters. The molecule has 8 aromatic carbocycles. The predicted octanol–water partition coefficient (Wildman–Crippen LogP) is 13.0. The van der Waals surface area contributed by atoms with E-state index in [1.165, 1.54) is 21.7 Å². The number of hydrogen-bond donors (Lipinski definition) is 0. The summed E-state index contributed by atoms with van der Waals surface area (Å²) in [6.45, 7) is 0. The van der Waals surface area contributed by atoms with Crippen LogP contribution < -0.4 is 0 Å². The molecular formula is C48H30N2O. The van der Waals surface area contributed by atoms with E-state index in [0.29, 0.717) is 5.82 Å². The van der Waals surface area contributed by atoms with E-state index in [2.05, 4.69) is 152 Å². The second-order valence-corrected chi connectivity index (χ2v) is 13.0. The molecule has 238 valence electrons. The van der Waals surface area contributed by atoms with E-state index in [9.17, 15) is 0 Å². The van der Waals surface area contributed by atoms with E-state index in [-0.39, 0.29) is 0 Å². The van der Waals surface area contributed by atoms with Crippen LogP contribution in [0, 0.1) is 0 Å². The summed E-state index contributed by atoms with van der Waals surface area (Å²) in [4.78, 5) is 10.5. The van der Waals surface area contributed by atoms with Crippen molar-refractivity contribution in [2.24, 2.45) is 0 Å². The van der Waals surface area contributed by atoms with Gasteiger partial charge in [-0.05, 0) is 86.3 Å². The summed E-state index contributed by atoms with van der Waals surface area (Å²) < 4.78 is 6.20. The first kappa shape index (κ1) is 29.1. The molecule has 0 saturated carbocycles. The van der Waals surface area contributed by atoms with Gasteiger partial charge >= 0.3 is 0 Å². The number of furan rings is 1. The molecule has 0 radical (unpaired) electrons. The number of fused-ring (bicyclic) bond motifs is 5. The van der Waals surface area contributed by atoms with Crippen molar-refractivity contribution in [2.75, 3.05) is 0 Å². The van der Waals surface area contributed by atoms with Gasteiger partial charge in [-0.3, -0.25) is 0 Å². The Morgan fingerprint density at radius 1 is 0.314 bits per heavy atom. The van der Waals surface area contributed by atoms with Gasteiger partial charge in [0.05, 0.1) is 11.4 Å². The van der Waals surface area contributed by atoms with Gasteiger partial charge in [0.15, 0.2) is 5.82 Å². The lowest BCUT2D eigenvalue weighted by atomic mass is 9.91. The lowest BCUT2D eigenvalue weighted by Crippen LogP contribution is -1.97. The van der Waals surface area contributed by atoms with Crippen LogP contribution in [-0.4, -0.2) is 9.97 Å². The van der Waals surface area contributed by atoms with Crippen molar-refractivity contribution < 1.29 is 4.42 Å². The Morgan fingerprint density at radius 3 is 1.71 bits per heavy atom.